The van der Waals surface area contributed by atoms with E-state index in [1.807, 2.05) is 18.2 Å². The summed E-state index contributed by atoms with van der Waals surface area (Å²) in [5, 5.41) is 3.25. The monoisotopic (exact) mass is 394 g/mol. The maximum atomic E-state index is 12.8. The molecule has 0 fully saturated rings. The first-order valence-electron chi connectivity index (χ1n) is 10.6. The van der Waals surface area contributed by atoms with Crippen LogP contribution in [0.1, 0.15) is 43.0 Å². The molecule has 2 heterocycles. The average Bonchev–Trinajstić information content (AvgIpc) is 2.96. The molecule has 0 aromatic heterocycles. The van der Waals surface area contributed by atoms with Gasteiger partial charge >= 0.3 is 0 Å². The Kier molecular flexibility index (Phi) is 6.05. The Labute approximate surface area is 173 Å². The molecule has 5 nitrogen and oxygen atoms in total. The highest BCUT2D eigenvalue weighted by molar-refractivity contribution is 5.78. The Bertz CT molecular complexity index is 865. The maximum absolute atomic E-state index is 12.8. The van der Waals surface area contributed by atoms with Crippen molar-refractivity contribution in [1.29, 1.82) is 0 Å². The molecule has 2 aliphatic rings. The highest BCUT2D eigenvalue weighted by atomic mass is 16.5. The van der Waals surface area contributed by atoms with Gasteiger partial charge in [0.2, 0.25) is 5.91 Å². The van der Waals surface area contributed by atoms with E-state index in [2.05, 4.69) is 48.3 Å². The minimum Gasteiger partial charge on any atom is -0.490 e. The van der Waals surface area contributed by atoms with Crippen LogP contribution in [0.25, 0.3) is 0 Å². The van der Waals surface area contributed by atoms with Crippen molar-refractivity contribution in [2.45, 2.75) is 39.3 Å². The fourth-order valence-electron chi connectivity index (χ4n) is 4.12. The van der Waals surface area contributed by atoms with Crippen LogP contribution in [0.2, 0.25) is 0 Å². The molecule has 2 aliphatic heterocycles. The van der Waals surface area contributed by atoms with Crippen molar-refractivity contribution in [2.24, 2.45) is 5.92 Å². The van der Waals surface area contributed by atoms with Gasteiger partial charge in [0.05, 0.1) is 25.8 Å². The lowest BCUT2D eigenvalue weighted by atomic mass is 9.95. The van der Waals surface area contributed by atoms with E-state index in [9.17, 15) is 4.79 Å². The molecule has 0 radical (unpaired) electrons. The summed E-state index contributed by atoms with van der Waals surface area (Å²) in [6.07, 6.45) is 1.88. The summed E-state index contributed by atoms with van der Waals surface area (Å²) < 4.78 is 11.6. The van der Waals surface area contributed by atoms with Crippen molar-refractivity contribution in [3.05, 3.63) is 59.2 Å². The molecule has 1 amide bonds. The first kappa shape index (κ1) is 19.8. The summed E-state index contributed by atoms with van der Waals surface area (Å²) >= 11 is 0. The molecule has 154 valence electrons. The van der Waals surface area contributed by atoms with Gasteiger partial charge in [0.15, 0.2) is 11.5 Å². The number of benzene rings is 2. The molecule has 0 aliphatic carbocycles. The molecule has 0 spiro atoms. The van der Waals surface area contributed by atoms with Gasteiger partial charge in [-0.05, 0) is 41.2 Å². The number of amides is 1. The molecule has 29 heavy (non-hydrogen) atoms. The lowest BCUT2D eigenvalue weighted by molar-refractivity contribution is -0.123. The molecule has 1 N–H and O–H groups in total. The van der Waals surface area contributed by atoms with Gasteiger partial charge in [-0.3, -0.25) is 9.69 Å². The molecular formula is C24H30N2O3. The Hall–Kier alpha value is -2.53. The summed E-state index contributed by atoms with van der Waals surface area (Å²) in [5.41, 5.74) is 3.79. The second kappa shape index (κ2) is 8.87. The third-order valence-electron chi connectivity index (χ3n) is 5.69. The van der Waals surface area contributed by atoms with Gasteiger partial charge in [0, 0.05) is 19.5 Å². The van der Waals surface area contributed by atoms with E-state index in [4.69, 9.17) is 9.47 Å². The van der Waals surface area contributed by atoms with Crippen molar-refractivity contribution in [3.63, 3.8) is 0 Å². The molecule has 0 bridgehead atoms. The topological polar surface area (TPSA) is 50.8 Å². The van der Waals surface area contributed by atoms with Crippen molar-refractivity contribution in [3.8, 4) is 11.5 Å². The highest BCUT2D eigenvalue weighted by Crippen LogP contribution is 2.34. The smallest absolute Gasteiger partial charge is 0.234 e. The quantitative estimate of drug-likeness (QED) is 0.840. The van der Waals surface area contributed by atoms with E-state index in [1.54, 1.807) is 0 Å². The molecule has 2 aromatic rings. The summed E-state index contributed by atoms with van der Waals surface area (Å²) in [4.78, 5) is 15.1. The first-order chi connectivity index (χ1) is 14.1. The largest absolute Gasteiger partial charge is 0.490 e. The summed E-state index contributed by atoms with van der Waals surface area (Å²) in [6, 6.07) is 14.5. The number of hydrogen-bond acceptors (Lipinski definition) is 4. The van der Waals surface area contributed by atoms with Crippen LogP contribution in [-0.2, 0) is 17.8 Å². The lowest BCUT2D eigenvalue weighted by Crippen LogP contribution is -2.42. The predicted molar refractivity (Wildman–Crippen MR) is 113 cm³/mol. The molecule has 4 rings (SSSR count). The third kappa shape index (κ3) is 4.73. The summed E-state index contributed by atoms with van der Waals surface area (Å²) in [5.74, 6) is 1.89. The second-order valence-corrected chi connectivity index (χ2v) is 8.28. The standard InChI is InChI=1S/C24H30N2O3/c1-17(2)24(19-8-9-21-22(14-19)29-13-5-12-28-21)25-23(27)16-26-11-10-18-6-3-4-7-20(18)15-26/h3-4,6-9,14,17,24H,5,10-13,15-16H2,1-2H3,(H,25,27)/t24-/m0/s1. The van der Waals surface area contributed by atoms with Gasteiger partial charge in [0.25, 0.3) is 0 Å². The van der Waals surface area contributed by atoms with Gasteiger partial charge in [-0.15, -0.1) is 0 Å². The highest BCUT2D eigenvalue weighted by Gasteiger charge is 2.23. The Morgan fingerprint density at radius 3 is 2.62 bits per heavy atom. The molecule has 0 saturated carbocycles. The number of fused-ring (bicyclic) bond motifs is 2. The van der Waals surface area contributed by atoms with E-state index in [0.717, 1.165) is 43.0 Å². The fourth-order valence-corrected chi connectivity index (χ4v) is 4.12. The number of carbonyl (C=O) groups excluding carboxylic acids is 1. The molecule has 0 saturated heterocycles. The Morgan fingerprint density at radius 2 is 1.83 bits per heavy atom. The minimum atomic E-state index is -0.0586. The van der Waals surface area contributed by atoms with Crippen LogP contribution >= 0.6 is 0 Å². The van der Waals surface area contributed by atoms with Gasteiger partial charge in [0.1, 0.15) is 0 Å². The second-order valence-electron chi connectivity index (χ2n) is 8.28. The summed E-state index contributed by atoms with van der Waals surface area (Å²) in [7, 11) is 0. The average molecular weight is 395 g/mol. The number of ether oxygens (including phenoxy) is 2. The van der Waals surface area contributed by atoms with E-state index in [-0.39, 0.29) is 17.9 Å². The van der Waals surface area contributed by atoms with Crippen LogP contribution in [0, 0.1) is 5.92 Å². The molecule has 0 unspecified atom stereocenters. The van der Waals surface area contributed by atoms with Crippen molar-refractivity contribution in [1.82, 2.24) is 10.2 Å². The Balaban J connectivity index is 1.42. The van der Waals surface area contributed by atoms with E-state index in [0.29, 0.717) is 19.8 Å². The zero-order chi connectivity index (χ0) is 20.2. The minimum absolute atomic E-state index is 0.0586. The first-order valence-corrected chi connectivity index (χ1v) is 10.6. The fraction of sp³-hybridized carbons (Fsp3) is 0.458. The number of rotatable bonds is 5. The summed E-state index contributed by atoms with van der Waals surface area (Å²) in [6.45, 7) is 7.76. The van der Waals surface area contributed by atoms with Crippen molar-refractivity contribution >= 4 is 5.91 Å². The number of hydrogen-bond donors (Lipinski definition) is 1. The number of nitrogens with one attached hydrogen (secondary N) is 1. The number of carbonyl (C=O) groups is 1. The molecule has 2 aromatic carbocycles. The zero-order valence-electron chi connectivity index (χ0n) is 17.3. The maximum Gasteiger partial charge on any atom is 0.234 e. The molecular weight excluding hydrogens is 364 g/mol. The van der Waals surface area contributed by atoms with Crippen LogP contribution in [0.5, 0.6) is 11.5 Å². The van der Waals surface area contributed by atoms with Crippen LogP contribution in [0.4, 0.5) is 0 Å². The van der Waals surface area contributed by atoms with E-state index in [1.165, 1.54) is 11.1 Å². The van der Waals surface area contributed by atoms with Gasteiger partial charge in [-0.25, -0.2) is 0 Å². The molecule has 1 atom stereocenters. The lowest BCUT2D eigenvalue weighted by Gasteiger charge is -2.30. The third-order valence-corrected chi connectivity index (χ3v) is 5.69. The van der Waals surface area contributed by atoms with Crippen LogP contribution in [-0.4, -0.2) is 37.1 Å². The van der Waals surface area contributed by atoms with Crippen molar-refractivity contribution in [2.75, 3.05) is 26.3 Å². The normalized spacial score (nSPS) is 17.3. The molecule has 5 heteroatoms. The van der Waals surface area contributed by atoms with Gasteiger partial charge < -0.3 is 14.8 Å². The number of nitrogens with zero attached hydrogens (tertiary/aromatic N) is 1. The Morgan fingerprint density at radius 1 is 1.07 bits per heavy atom. The van der Waals surface area contributed by atoms with Gasteiger partial charge in [-0.2, -0.15) is 0 Å². The van der Waals surface area contributed by atoms with Crippen LogP contribution in [0.3, 0.4) is 0 Å². The van der Waals surface area contributed by atoms with E-state index >= 15 is 0 Å². The van der Waals surface area contributed by atoms with Gasteiger partial charge in [-0.1, -0.05) is 44.2 Å². The van der Waals surface area contributed by atoms with Crippen molar-refractivity contribution < 1.29 is 14.3 Å². The predicted octanol–water partition coefficient (Wildman–Crippen LogP) is 3.72. The van der Waals surface area contributed by atoms with Crippen LogP contribution in [0.15, 0.2) is 42.5 Å². The van der Waals surface area contributed by atoms with Crippen LogP contribution < -0.4 is 14.8 Å². The SMILES string of the molecule is CC(C)[C@H](NC(=O)CN1CCc2ccccc2C1)c1ccc2c(c1)OCCCO2. The van der Waals surface area contributed by atoms with E-state index < -0.39 is 0 Å². The zero-order valence-corrected chi connectivity index (χ0v) is 17.3.